The first-order valence-electron chi connectivity index (χ1n) is 8.47. The van der Waals surface area contributed by atoms with Crippen molar-refractivity contribution in [2.24, 2.45) is 0 Å². The molecule has 132 valence electrons. The number of carbonyl (C=O) groups excluding carboxylic acids is 1. The summed E-state index contributed by atoms with van der Waals surface area (Å²) in [5, 5.41) is 6.08. The molecule has 0 bridgehead atoms. The smallest absolute Gasteiger partial charge is 0.258 e. The Balaban J connectivity index is 1.72. The summed E-state index contributed by atoms with van der Waals surface area (Å²) in [5.41, 5.74) is 6.68. The van der Waals surface area contributed by atoms with E-state index in [1.165, 1.54) is 18.0 Å². The van der Waals surface area contributed by atoms with Crippen LogP contribution in [0.25, 0.3) is 0 Å². The van der Waals surface area contributed by atoms with Crippen molar-refractivity contribution in [1.29, 1.82) is 0 Å². The van der Waals surface area contributed by atoms with Gasteiger partial charge in [-0.25, -0.2) is 9.97 Å². The molecule has 0 fully saturated rings. The van der Waals surface area contributed by atoms with E-state index in [4.69, 9.17) is 0 Å². The molecule has 1 amide bonds. The van der Waals surface area contributed by atoms with Gasteiger partial charge >= 0.3 is 0 Å². The molecule has 26 heavy (non-hydrogen) atoms. The highest BCUT2D eigenvalue weighted by Gasteiger charge is 2.09. The molecule has 3 aromatic rings. The van der Waals surface area contributed by atoms with Crippen LogP contribution in [0.3, 0.4) is 0 Å². The molecular formula is C21H22N4O. The maximum absolute atomic E-state index is 12.4. The average molecular weight is 346 g/mol. The van der Waals surface area contributed by atoms with E-state index in [0.29, 0.717) is 11.5 Å². The molecule has 0 saturated heterocycles. The van der Waals surface area contributed by atoms with Crippen molar-refractivity contribution in [1.82, 2.24) is 9.97 Å². The molecule has 0 atom stereocenters. The van der Waals surface area contributed by atoms with Gasteiger partial charge in [-0.05, 0) is 68.1 Å². The fraction of sp³-hybridized carbons (Fsp3) is 0.190. The first kappa shape index (κ1) is 17.6. The van der Waals surface area contributed by atoms with Gasteiger partial charge < -0.3 is 10.6 Å². The van der Waals surface area contributed by atoms with Gasteiger partial charge in [-0.2, -0.15) is 0 Å². The summed E-state index contributed by atoms with van der Waals surface area (Å²) in [7, 11) is 0. The van der Waals surface area contributed by atoms with E-state index in [0.717, 1.165) is 28.1 Å². The molecule has 3 rings (SSSR count). The van der Waals surface area contributed by atoms with Crippen molar-refractivity contribution in [3.8, 4) is 0 Å². The Kier molecular flexibility index (Phi) is 4.98. The Labute approximate surface area is 153 Å². The van der Waals surface area contributed by atoms with Gasteiger partial charge in [0.25, 0.3) is 5.91 Å². The number of aromatic nitrogens is 2. The summed E-state index contributed by atoms with van der Waals surface area (Å²) in [6, 6.07) is 11.9. The fourth-order valence-corrected chi connectivity index (χ4v) is 2.77. The molecule has 1 aromatic heterocycles. The molecule has 2 aromatic carbocycles. The van der Waals surface area contributed by atoms with Gasteiger partial charge in [-0.3, -0.25) is 4.79 Å². The zero-order valence-corrected chi connectivity index (χ0v) is 15.4. The lowest BCUT2D eigenvalue weighted by molar-refractivity contribution is 0.102. The molecule has 0 radical (unpaired) electrons. The number of benzene rings is 2. The van der Waals surface area contributed by atoms with Crippen LogP contribution in [0.5, 0.6) is 0 Å². The van der Waals surface area contributed by atoms with Crippen molar-refractivity contribution in [3.63, 3.8) is 0 Å². The SMILES string of the molecule is Cc1cc(C)cc(NC(=O)c2cnc(Nc3cccc(C)c3C)nc2)c1. The van der Waals surface area contributed by atoms with Crippen LogP contribution in [0.4, 0.5) is 17.3 Å². The monoisotopic (exact) mass is 346 g/mol. The van der Waals surface area contributed by atoms with Crippen molar-refractivity contribution in [2.45, 2.75) is 27.7 Å². The van der Waals surface area contributed by atoms with Crippen LogP contribution in [-0.2, 0) is 0 Å². The minimum absolute atomic E-state index is 0.228. The highest BCUT2D eigenvalue weighted by Crippen LogP contribution is 2.21. The molecule has 5 heteroatoms. The number of amides is 1. The number of carbonyl (C=O) groups is 1. The largest absolute Gasteiger partial charge is 0.324 e. The maximum atomic E-state index is 12.4. The third kappa shape index (κ3) is 4.06. The molecule has 2 N–H and O–H groups in total. The normalized spacial score (nSPS) is 10.5. The predicted octanol–water partition coefficient (Wildman–Crippen LogP) is 4.71. The zero-order valence-electron chi connectivity index (χ0n) is 15.4. The van der Waals surface area contributed by atoms with Gasteiger partial charge in [0.15, 0.2) is 0 Å². The summed E-state index contributed by atoms with van der Waals surface area (Å²) in [6.07, 6.45) is 3.05. The van der Waals surface area contributed by atoms with Gasteiger partial charge in [0, 0.05) is 23.8 Å². The number of aryl methyl sites for hydroxylation is 3. The van der Waals surface area contributed by atoms with Crippen LogP contribution in [0, 0.1) is 27.7 Å². The lowest BCUT2D eigenvalue weighted by atomic mass is 10.1. The van der Waals surface area contributed by atoms with E-state index in [2.05, 4.69) is 39.7 Å². The van der Waals surface area contributed by atoms with Crippen LogP contribution >= 0.6 is 0 Å². The van der Waals surface area contributed by atoms with Gasteiger partial charge in [-0.1, -0.05) is 18.2 Å². The lowest BCUT2D eigenvalue weighted by Gasteiger charge is -2.10. The average Bonchev–Trinajstić information content (AvgIpc) is 2.58. The molecule has 0 aliphatic carbocycles. The number of rotatable bonds is 4. The van der Waals surface area contributed by atoms with Crippen LogP contribution in [-0.4, -0.2) is 15.9 Å². The molecular weight excluding hydrogens is 324 g/mol. The summed E-state index contributed by atoms with van der Waals surface area (Å²) in [5.74, 6) is 0.231. The quantitative estimate of drug-likeness (QED) is 0.718. The van der Waals surface area contributed by atoms with E-state index < -0.39 is 0 Å². The van der Waals surface area contributed by atoms with E-state index in [1.54, 1.807) is 0 Å². The van der Waals surface area contributed by atoms with Crippen molar-refractivity contribution < 1.29 is 4.79 Å². The third-order valence-corrected chi connectivity index (χ3v) is 4.24. The van der Waals surface area contributed by atoms with Crippen LogP contribution < -0.4 is 10.6 Å². The van der Waals surface area contributed by atoms with Crippen molar-refractivity contribution >= 4 is 23.2 Å². The fourth-order valence-electron chi connectivity index (χ4n) is 2.77. The Morgan fingerprint density at radius 1 is 0.923 bits per heavy atom. The minimum atomic E-state index is -0.228. The number of anilines is 3. The van der Waals surface area contributed by atoms with Crippen LogP contribution in [0.15, 0.2) is 48.8 Å². The van der Waals surface area contributed by atoms with E-state index in [9.17, 15) is 4.79 Å². The summed E-state index contributed by atoms with van der Waals surface area (Å²) < 4.78 is 0. The number of hydrogen-bond acceptors (Lipinski definition) is 4. The molecule has 0 spiro atoms. The number of nitrogens with zero attached hydrogens (tertiary/aromatic N) is 2. The highest BCUT2D eigenvalue weighted by molar-refractivity contribution is 6.04. The highest BCUT2D eigenvalue weighted by atomic mass is 16.1. The maximum Gasteiger partial charge on any atom is 0.258 e. The summed E-state index contributed by atoms with van der Waals surface area (Å²) >= 11 is 0. The van der Waals surface area contributed by atoms with E-state index in [1.807, 2.05) is 45.0 Å². The lowest BCUT2D eigenvalue weighted by Crippen LogP contribution is -2.13. The second-order valence-corrected chi connectivity index (χ2v) is 6.50. The van der Waals surface area contributed by atoms with Crippen LogP contribution in [0.2, 0.25) is 0 Å². The predicted molar refractivity (Wildman–Crippen MR) is 105 cm³/mol. The third-order valence-electron chi connectivity index (χ3n) is 4.24. The van der Waals surface area contributed by atoms with Crippen LogP contribution in [0.1, 0.15) is 32.6 Å². The number of hydrogen-bond donors (Lipinski definition) is 2. The first-order valence-corrected chi connectivity index (χ1v) is 8.47. The molecule has 0 unspecified atom stereocenters. The Morgan fingerprint density at radius 2 is 1.58 bits per heavy atom. The standard InChI is InChI=1S/C21H22N4O/c1-13-8-14(2)10-18(9-13)24-20(26)17-11-22-21(23-12-17)25-19-7-5-6-15(3)16(19)4/h5-12H,1-4H3,(H,24,26)(H,22,23,25). The molecule has 5 nitrogen and oxygen atoms in total. The number of nitrogens with one attached hydrogen (secondary N) is 2. The molecule has 1 heterocycles. The van der Waals surface area contributed by atoms with Gasteiger partial charge in [0.2, 0.25) is 5.95 Å². The van der Waals surface area contributed by atoms with E-state index >= 15 is 0 Å². The van der Waals surface area contributed by atoms with Gasteiger partial charge in [0.1, 0.15) is 0 Å². The van der Waals surface area contributed by atoms with E-state index in [-0.39, 0.29) is 5.91 Å². The summed E-state index contributed by atoms with van der Waals surface area (Å²) in [6.45, 7) is 8.10. The van der Waals surface area contributed by atoms with Gasteiger partial charge in [-0.15, -0.1) is 0 Å². The van der Waals surface area contributed by atoms with Crippen molar-refractivity contribution in [3.05, 3.63) is 76.6 Å². The first-order chi connectivity index (χ1) is 12.4. The van der Waals surface area contributed by atoms with Gasteiger partial charge in [0.05, 0.1) is 5.56 Å². The second kappa shape index (κ2) is 7.35. The summed E-state index contributed by atoms with van der Waals surface area (Å²) in [4.78, 5) is 20.9. The zero-order chi connectivity index (χ0) is 18.7. The molecule has 0 saturated carbocycles. The minimum Gasteiger partial charge on any atom is -0.324 e. The Hall–Kier alpha value is -3.21. The Bertz CT molecular complexity index is 928. The molecule has 0 aliphatic rings. The topological polar surface area (TPSA) is 66.9 Å². The van der Waals surface area contributed by atoms with Crippen molar-refractivity contribution in [2.75, 3.05) is 10.6 Å². The second-order valence-electron chi connectivity index (χ2n) is 6.50. The molecule has 0 aliphatic heterocycles. The Morgan fingerprint density at radius 3 is 2.23 bits per heavy atom.